The molecule has 3 aliphatic rings. The molecule has 4 rings (SSSR count). The summed E-state index contributed by atoms with van der Waals surface area (Å²) in [5, 5.41) is 2.83. The summed E-state index contributed by atoms with van der Waals surface area (Å²) in [6.45, 7) is 5.65. The van der Waals surface area contributed by atoms with Crippen LogP contribution in [-0.4, -0.2) is 85.2 Å². The molecular weight excluding hydrogens is 312 g/mol. The molecule has 1 aromatic rings. The van der Waals surface area contributed by atoms with Gasteiger partial charge >= 0.3 is 6.03 Å². The monoisotopic (exact) mass is 334 g/mol. The highest BCUT2D eigenvalue weighted by Gasteiger charge is 2.53. The standard InChI is InChI=1S/C16H22N4O4/c1-18-15(22)17-9-16(18)10-20(11-16)14(21)12-6-13(24-8-12)7-19-2-4-23-5-3-19/h6,8H,2-5,7,9-11H2,1H3,(H,17,22). The van der Waals surface area contributed by atoms with Gasteiger partial charge < -0.3 is 24.3 Å². The van der Waals surface area contributed by atoms with Gasteiger partial charge in [-0.25, -0.2) is 4.79 Å². The van der Waals surface area contributed by atoms with Crippen LogP contribution in [0.4, 0.5) is 4.79 Å². The molecule has 130 valence electrons. The maximum Gasteiger partial charge on any atom is 0.317 e. The van der Waals surface area contributed by atoms with E-state index in [9.17, 15) is 9.59 Å². The van der Waals surface area contributed by atoms with Crippen LogP contribution in [-0.2, 0) is 11.3 Å². The molecule has 0 unspecified atom stereocenters. The lowest BCUT2D eigenvalue weighted by Crippen LogP contribution is -2.70. The third kappa shape index (κ3) is 2.55. The van der Waals surface area contributed by atoms with Gasteiger partial charge in [-0.05, 0) is 6.07 Å². The molecule has 1 N–H and O–H groups in total. The number of rotatable bonds is 3. The van der Waals surface area contributed by atoms with Gasteiger partial charge in [-0.1, -0.05) is 0 Å². The van der Waals surface area contributed by atoms with E-state index in [0.29, 0.717) is 31.7 Å². The van der Waals surface area contributed by atoms with Gasteiger partial charge in [0.25, 0.3) is 5.91 Å². The normalized spacial score (nSPS) is 23.5. The van der Waals surface area contributed by atoms with Gasteiger partial charge in [0.1, 0.15) is 12.0 Å². The van der Waals surface area contributed by atoms with Crippen molar-refractivity contribution in [3.63, 3.8) is 0 Å². The molecule has 8 heteroatoms. The van der Waals surface area contributed by atoms with Crippen LogP contribution in [0.5, 0.6) is 0 Å². The lowest BCUT2D eigenvalue weighted by molar-refractivity contribution is 0.00772. The quantitative estimate of drug-likeness (QED) is 0.839. The molecule has 0 aliphatic carbocycles. The van der Waals surface area contributed by atoms with E-state index in [0.717, 1.165) is 32.1 Å². The first-order valence-electron chi connectivity index (χ1n) is 8.26. The van der Waals surface area contributed by atoms with Crippen molar-refractivity contribution in [2.24, 2.45) is 0 Å². The van der Waals surface area contributed by atoms with E-state index in [-0.39, 0.29) is 17.5 Å². The van der Waals surface area contributed by atoms with E-state index >= 15 is 0 Å². The summed E-state index contributed by atoms with van der Waals surface area (Å²) in [5.41, 5.74) is 0.334. The second kappa shape index (κ2) is 5.78. The average Bonchev–Trinajstić information content (AvgIpc) is 3.13. The lowest BCUT2D eigenvalue weighted by Gasteiger charge is -2.50. The van der Waals surface area contributed by atoms with Gasteiger partial charge in [-0.2, -0.15) is 0 Å². The minimum absolute atomic E-state index is 0.0367. The van der Waals surface area contributed by atoms with E-state index in [1.165, 1.54) is 6.26 Å². The Bertz CT molecular complexity index is 646. The fourth-order valence-corrected chi connectivity index (χ4v) is 3.56. The van der Waals surface area contributed by atoms with Crippen molar-refractivity contribution in [1.82, 2.24) is 20.0 Å². The van der Waals surface area contributed by atoms with Gasteiger partial charge in [0, 0.05) is 39.8 Å². The Morgan fingerprint density at radius 3 is 2.75 bits per heavy atom. The van der Waals surface area contributed by atoms with Crippen LogP contribution < -0.4 is 5.32 Å². The number of urea groups is 1. The molecule has 3 amide bonds. The minimum atomic E-state index is -0.243. The van der Waals surface area contributed by atoms with Crippen LogP contribution >= 0.6 is 0 Å². The molecule has 0 radical (unpaired) electrons. The van der Waals surface area contributed by atoms with Crippen molar-refractivity contribution in [3.8, 4) is 0 Å². The van der Waals surface area contributed by atoms with Crippen molar-refractivity contribution in [1.29, 1.82) is 0 Å². The largest absolute Gasteiger partial charge is 0.467 e. The highest BCUT2D eigenvalue weighted by Crippen LogP contribution is 2.31. The first-order valence-corrected chi connectivity index (χ1v) is 8.26. The molecule has 1 aromatic heterocycles. The first kappa shape index (κ1) is 15.5. The number of morpholine rings is 1. The molecule has 0 aromatic carbocycles. The Kier molecular flexibility index (Phi) is 3.73. The summed E-state index contributed by atoms with van der Waals surface area (Å²) >= 11 is 0. The van der Waals surface area contributed by atoms with E-state index < -0.39 is 0 Å². The molecule has 3 aliphatic heterocycles. The molecule has 0 saturated carbocycles. The first-order chi connectivity index (χ1) is 11.6. The van der Waals surface area contributed by atoms with Gasteiger partial charge in [-0.3, -0.25) is 9.69 Å². The number of likely N-dealkylation sites (tertiary alicyclic amines) is 1. The number of carbonyl (C=O) groups excluding carboxylic acids is 2. The van der Waals surface area contributed by atoms with E-state index in [1.54, 1.807) is 16.8 Å². The predicted octanol–water partition coefficient (Wildman–Crippen LogP) is -0.0386. The van der Waals surface area contributed by atoms with Crippen LogP contribution in [0.3, 0.4) is 0 Å². The topological polar surface area (TPSA) is 78.3 Å². The van der Waals surface area contributed by atoms with Crippen LogP contribution in [0.25, 0.3) is 0 Å². The molecule has 1 spiro atoms. The molecule has 8 nitrogen and oxygen atoms in total. The van der Waals surface area contributed by atoms with Crippen LogP contribution in [0.2, 0.25) is 0 Å². The zero-order valence-electron chi connectivity index (χ0n) is 13.8. The average molecular weight is 334 g/mol. The van der Waals surface area contributed by atoms with Gasteiger partial charge in [0.15, 0.2) is 0 Å². The molecule has 3 fully saturated rings. The predicted molar refractivity (Wildman–Crippen MR) is 84.6 cm³/mol. The van der Waals surface area contributed by atoms with Gasteiger partial charge in [0.05, 0.1) is 30.9 Å². The van der Waals surface area contributed by atoms with Crippen LogP contribution in [0, 0.1) is 0 Å². The van der Waals surface area contributed by atoms with Gasteiger partial charge in [0.2, 0.25) is 0 Å². The second-order valence-electron chi connectivity index (χ2n) is 6.79. The van der Waals surface area contributed by atoms with Crippen molar-refractivity contribution in [2.45, 2.75) is 12.1 Å². The van der Waals surface area contributed by atoms with Crippen molar-refractivity contribution >= 4 is 11.9 Å². The SMILES string of the molecule is CN1C(=O)NCC12CN(C(=O)c1coc(CN3CCOCC3)c1)C2. The Morgan fingerprint density at radius 2 is 2.08 bits per heavy atom. The summed E-state index contributed by atoms with van der Waals surface area (Å²) in [6, 6.07) is 1.75. The zero-order chi connectivity index (χ0) is 16.7. The maximum absolute atomic E-state index is 12.6. The zero-order valence-corrected chi connectivity index (χ0v) is 13.8. The maximum atomic E-state index is 12.6. The molecule has 0 bridgehead atoms. The number of hydrogen-bond donors (Lipinski definition) is 1. The molecule has 24 heavy (non-hydrogen) atoms. The van der Waals surface area contributed by atoms with Crippen molar-refractivity contribution in [2.75, 3.05) is 53.0 Å². The summed E-state index contributed by atoms with van der Waals surface area (Å²) < 4.78 is 10.9. The lowest BCUT2D eigenvalue weighted by atomic mass is 9.89. The number of carbonyl (C=O) groups is 2. The number of furan rings is 1. The fraction of sp³-hybridized carbons (Fsp3) is 0.625. The number of nitrogens with zero attached hydrogens (tertiary/aromatic N) is 3. The van der Waals surface area contributed by atoms with Crippen LogP contribution in [0.15, 0.2) is 16.7 Å². The van der Waals surface area contributed by atoms with Crippen molar-refractivity contribution in [3.05, 3.63) is 23.7 Å². The number of nitrogens with one attached hydrogen (secondary N) is 1. The smallest absolute Gasteiger partial charge is 0.317 e. The molecule has 0 atom stereocenters. The minimum Gasteiger partial charge on any atom is -0.467 e. The number of amides is 3. The summed E-state index contributed by atoms with van der Waals surface area (Å²) in [4.78, 5) is 29.9. The molecule has 3 saturated heterocycles. The third-order valence-corrected chi connectivity index (χ3v) is 5.23. The van der Waals surface area contributed by atoms with E-state index in [4.69, 9.17) is 9.15 Å². The van der Waals surface area contributed by atoms with Gasteiger partial charge in [-0.15, -0.1) is 0 Å². The summed E-state index contributed by atoms with van der Waals surface area (Å²) in [6.07, 6.45) is 1.53. The van der Waals surface area contributed by atoms with E-state index in [1.807, 2.05) is 6.07 Å². The number of likely N-dealkylation sites (N-methyl/N-ethyl adjacent to an activating group) is 1. The summed E-state index contributed by atoms with van der Waals surface area (Å²) in [5.74, 6) is 0.760. The second-order valence-corrected chi connectivity index (χ2v) is 6.79. The highest BCUT2D eigenvalue weighted by molar-refractivity contribution is 5.95. The van der Waals surface area contributed by atoms with E-state index in [2.05, 4.69) is 10.2 Å². The highest BCUT2D eigenvalue weighted by atomic mass is 16.5. The Hall–Kier alpha value is -2.06. The Balaban J connectivity index is 1.35. The number of ether oxygens (including phenoxy) is 1. The Morgan fingerprint density at radius 1 is 1.33 bits per heavy atom. The molecular formula is C16H22N4O4. The van der Waals surface area contributed by atoms with Crippen LogP contribution in [0.1, 0.15) is 16.1 Å². The van der Waals surface area contributed by atoms with Crippen molar-refractivity contribution < 1.29 is 18.7 Å². The fourth-order valence-electron chi connectivity index (χ4n) is 3.56. The summed E-state index contributed by atoms with van der Waals surface area (Å²) in [7, 11) is 1.78. The Labute approximate surface area is 140 Å². The molecule has 4 heterocycles. The third-order valence-electron chi connectivity index (χ3n) is 5.23. The number of hydrogen-bond acceptors (Lipinski definition) is 5.